The summed E-state index contributed by atoms with van der Waals surface area (Å²) in [6, 6.07) is 16.7. The summed E-state index contributed by atoms with van der Waals surface area (Å²) >= 11 is 0. The summed E-state index contributed by atoms with van der Waals surface area (Å²) in [5, 5.41) is 12.2. The van der Waals surface area contributed by atoms with E-state index in [1.807, 2.05) is 61.5 Å². The smallest absolute Gasteiger partial charge is 0.305 e. The summed E-state index contributed by atoms with van der Waals surface area (Å²) in [6.07, 6.45) is 5.00. The standard InChI is InChI=1S/C24H29NO4/c1-17(18-7-3-2-4-8-18)15-23(26)25-22(16-24(27)28)19-11-13-21(14-12-19)29-20-9-5-6-10-20/h2-4,7-8,11-14,17,20,22H,5-6,9-10,15-16H2,1H3,(H,25,26)(H,27,28)/t17-,22-/m0/s1. The zero-order valence-corrected chi connectivity index (χ0v) is 16.8. The summed E-state index contributed by atoms with van der Waals surface area (Å²) in [6.45, 7) is 2.00. The van der Waals surface area contributed by atoms with Gasteiger partial charge in [0.15, 0.2) is 0 Å². The van der Waals surface area contributed by atoms with Crippen LogP contribution in [0.3, 0.4) is 0 Å². The highest BCUT2D eigenvalue weighted by atomic mass is 16.5. The fraction of sp³-hybridized carbons (Fsp3) is 0.417. The highest BCUT2D eigenvalue weighted by Gasteiger charge is 2.21. The molecule has 0 heterocycles. The number of ether oxygens (including phenoxy) is 1. The van der Waals surface area contributed by atoms with Crippen LogP contribution in [0.25, 0.3) is 0 Å². The van der Waals surface area contributed by atoms with Gasteiger partial charge in [-0.1, -0.05) is 49.4 Å². The molecule has 1 amide bonds. The van der Waals surface area contributed by atoms with Crippen molar-refractivity contribution in [3.8, 4) is 5.75 Å². The maximum atomic E-state index is 12.6. The minimum atomic E-state index is -0.947. The zero-order chi connectivity index (χ0) is 20.6. The van der Waals surface area contributed by atoms with E-state index >= 15 is 0 Å². The van der Waals surface area contributed by atoms with Gasteiger partial charge in [-0.2, -0.15) is 0 Å². The molecule has 0 aliphatic heterocycles. The Kier molecular flexibility index (Phi) is 7.28. The van der Waals surface area contributed by atoms with Crippen LogP contribution in [0, 0.1) is 0 Å². The molecule has 1 fully saturated rings. The number of carboxylic acids is 1. The van der Waals surface area contributed by atoms with Gasteiger partial charge in [-0.25, -0.2) is 0 Å². The molecule has 154 valence electrons. The lowest BCUT2D eigenvalue weighted by Crippen LogP contribution is -2.30. The van der Waals surface area contributed by atoms with E-state index in [1.54, 1.807) is 0 Å². The Labute approximate surface area is 172 Å². The second kappa shape index (κ2) is 10.1. The first-order valence-corrected chi connectivity index (χ1v) is 10.3. The van der Waals surface area contributed by atoms with Crippen LogP contribution >= 0.6 is 0 Å². The molecule has 0 spiro atoms. The Hall–Kier alpha value is -2.82. The third kappa shape index (κ3) is 6.34. The van der Waals surface area contributed by atoms with Crippen molar-refractivity contribution in [2.24, 2.45) is 0 Å². The van der Waals surface area contributed by atoms with Crippen LogP contribution < -0.4 is 10.1 Å². The van der Waals surface area contributed by atoms with E-state index in [0.29, 0.717) is 6.42 Å². The van der Waals surface area contributed by atoms with E-state index in [9.17, 15) is 14.7 Å². The van der Waals surface area contributed by atoms with E-state index in [0.717, 1.165) is 29.7 Å². The summed E-state index contributed by atoms with van der Waals surface area (Å²) in [5.41, 5.74) is 1.86. The molecule has 2 N–H and O–H groups in total. The van der Waals surface area contributed by atoms with E-state index in [-0.39, 0.29) is 24.3 Å². The van der Waals surface area contributed by atoms with Gasteiger partial charge >= 0.3 is 5.97 Å². The predicted octanol–water partition coefficient (Wildman–Crippen LogP) is 4.83. The van der Waals surface area contributed by atoms with Gasteiger partial charge in [-0.3, -0.25) is 9.59 Å². The molecule has 5 heteroatoms. The SMILES string of the molecule is C[C@@H](CC(=O)N[C@@H](CC(=O)O)c1ccc(OC2CCCC2)cc1)c1ccccc1. The lowest BCUT2D eigenvalue weighted by Gasteiger charge is -2.20. The monoisotopic (exact) mass is 395 g/mol. The molecule has 0 saturated heterocycles. The predicted molar refractivity (Wildman–Crippen MR) is 112 cm³/mol. The molecule has 29 heavy (non-hydrogen) atoms. The minimum Gasteiger partial charge on any atom is -0.490 e. The molecule has 2 atom stereocenters. The van der Waals surface area contributed by atoms with Crippen molar-refractivity contribution in [2.75, 3.05) is 0 Å². The lowest BCUT2D eigenvalue weighted by molar-refractivity contribution is -0.137. The van der Waals surface area contributed by atoms with Crippen LogP contribution in [-0.2, 0) is 9.59 Å². The lowest BCUT2D eigenvalue weighted by atomic mass is 9.96. The Morgan fingerprint density at radius 3 is 2.28 bits per heavy atom. The van der Waals surface area contributed by atoms with Gasteiger partial charge in [0.25, 0.3) is 0 Å². The van der Waals surface area contributed by atoms with Crippen LogP contribution in [-0.4, -0.2) is 23.1 Å². The molecule has 0 aromatic heterocycles. The van der Waals surface area contributed by atoms with Gasteiger partial charge in [-0.05, 0) is 54.9 Å². The molecule has 0 bridgehead atoms. The topological polar surface area (TPSA) is 75.6 Å². The van der Waals surface area contributed by atoms with Crippen molar-refractivity contribution in [3.63, 3.8) is 0 Å². The Morgan fingerprint density at radius 1 is 1.00 bits per heavy atom. The van der Waals surface area contributed by atoms with Gasteiger partial charge in [-0.15, -0.1) is 0 Å². The average molecular weight is 395 g/mol. The second-order valence-corrected chi connectivity index (χ2v) is 7.83. The fourth-order valence-electron chi connectivity index (χ4n) is 3.83. The highest BCUT2D eigenvalue weighted by molar-refractivity contribution is 5.78. The van der Waals surface area contributed by atoms with Gasteiger partial charge in [0.1, 0.15) is 5.75 Å². The third-order valence-electron chi connectivity index (χ3n) is 5.46. The normalized spacial score (nSPS) is 16.2. The molecule has 5 nitrogen and oxygen atoms in total. The van der Waals surface area contributed by atoms with Crippen molar-refractivity contribution in [1.29, 1.82) is 0 Å². The van der Waals surface area contributed by atoms with Crippen LogP contribution in [0.15, 0.2) is 54.6 Å². The molecule has 3 rings (SSSR count). The Morgan fingerprint density at radius 2 is 1.66 bits per heavy atom. The second-order valence-electron chi connectivity index (χ2n) is 7.83. The van der Waals surface area contributed by atoms with Gasteiger partial charge in [0, 0.05) is 6.42 Å². The molecular formula is C24H29NO4. The number of aliphatic carboxylic acids is 1. The van der Waals surface area contributed by atoms with E-state index < -0.39 is 12.0 Å². The number of rotatable bonds is 9. The largest absolute Gasteiger partial charge is 0.490 e. The van der Waals surface area contributed by atoms with Crippen molar-refractivity contribution in [2.45, 2.75) is 63.5 Å². The summed E-state index contributed by atoms with van der Waals surface area (Å²) < 4.78 is 5.97. The third-order valence-corrected chi connectivity index (χ3v) is 5.46. The molecule has 1 aliphatic rings. The highest BCUT2D eigenvalue weighted by Crippen LogP contribution is 2.26. The number of carbonyl (C=O) groups excluding carboxylic acids is 1. The molecule has 1 saturated carbocycles. The van der Waals surface area contributed by atoms with Crippen molar-refractivity contribution in [1.82, 2.24) is 5.32 Å². The summed E-state index contributed by atoms with van der Waals surface area (Å²) in [5.74, 6) is -0.251. The number of amides is 1. The van der Waals surface area contributed by atoms with Crippen molar-refractivity contribution < 1.29 is 19.4 Å². The first-order chi connectivity index (χ1) is 14.0. The van der Waals surface area contributed by atoms with Crippen molar-refractivity contribution >= 4 is 11.9 Å². The number of carboxylic acid groups (broad SMARTS) is 1. The van der Waals surface area contributed by atoms with Crippen LogP contribution in [0.2, 0.25) is 0 Å². The van der Waals surface area contributed by atoms with Crippen LogP contribution in [0.1, 0.15) is 68.5 Å². The first-order valence-electron chi connectivity index (χ1n) is 10.3. The molecule has 2 aromatic carbocycles. The van der Waals surface area contributed by atoms with Gasteiger partial charge in [0.05, 0.1) is 18.6 Å². The number of benzene rings is 2. The molecule has 2 aromatic rings. The maximum Gasteiger partial charge on any atom is 0.305 e. The molecule has 0 radical (unpaired) electrons. The van der Waals surface area contributed by atoms with Crippen LogP contribution in [0.5, 0.6) is 5.75 Å². The molecular weight excluding hydrogens is 366 g/mol. The average Bonchev–Trinajstić information content (AvgIpc) is 3.21. The summed E-state index contributed by atoms with van der Waals surface area (Å²) in [4.78, 5) is 23.9. The quantitative estimate of drug-likeness (QED) is 0.637. The van der Waals surface area contributed by atoms with Gasteiger partial charge < -0.3 is 15.2 Å². The molecule has 0 unspecified atom stereocenters. The Balaban J connectivity index is 1.62. The van der Waals surface area contributed by atoms with Gasteiger partial charge in [0.2, 0.25) is 5.91 Å². The number of hydrogen-bond donors (Lipinski definition) is 2. The van der Waals surface area contributed by atoms with E-state index in [4.69, 9.17) is 4.74 Å². The van der Waals surface area contributed by atoms with E-state index in [2.05, 4.69) is 5.32 Å². The zero-order valence-electron chi connectivity index (χ0n) is 16.8. The fourth-order valence-corrected chi connectivity index (χ4v) is 3.83. The maximum absolute atomic E-state index is 12.6. The molecule has 1 aliphatic carbocycles. The number of hydrogen-bond acceptors (Lipinski definition) is 3. The van der Waals surface area contributed by atoms with E-state index in [1.165, 1.54) is 12.8 Å². The number of nitrogens with one attached hydrogen (secondary N) is 1. The van der Waals surface area contributed by atoms with Crippen molar-refractivity contribution in [3.05, 3.63) is 65.7 Å². The Bertz CT molecular complexity index is 797. The number of carbonyl (C=O) groups is 2. The van der Waals surface area contributed by atoms with Crippen LogP contribution in [0.4, 0.5) is 0 Å². The first kappa shape index (κ1) is 20.9. The minimum absolute atomic E-state index is 0.0591. The summed E-state index contributed by atoms with van der Waals surface area (Å²) in [7, 11) is 0.